The second kappa shape index (κ2) is 8.48. The summed E-state index contributed by atoms with van der Waals surface area (Å²) >= 11 is 0. The van der Waals surface area contributed by atoms with Gasteiger partial charge in [0.25, 0.3) is 0 Å². The summed E-state index contributed by atoms with van der Waals surface area (Å²) in [5, 5.41) is 5.44. The van der Waals surface area contributed by atoms with E-state index < -0.39 is 0 Å². The lowest BCUT2D eigenvalue weighted by Gasteiger charge is -2.45. The molecule has 0 saturated heterocycles. The van der Waals surface area contributed by atoms with Crippen LogP contribution in [0.5, 0.6) is 0 Å². The van der Waals surface area contributed by atoms with Gasteiger partial charge >= 0.3 is 0 Å². The highest BCUT2D eigenvalue weighted by atomic mass is 16.2. The second-order valence-corrected chi connectivity index (χ2v) is 6.33. The zero-order valence-electron chi connectivity index (χ0n) is 14.8. The van der Waals surface area contributed by atoms with Crippen LogP contribution in [0, 0.1) is 0 Å². The standard InChI is InChI=1S/C16H32N4O2/c1-11(15(21)17-3)19(5)13-9-7-8-10-14(13)20(6)12(2)16(22)18-4/h11-14H,7-10H2,1-6H3,(H,17,21)(H,18,22)/t11-,12-,13-,14-/m1/s1. The lowest BCUT2D eigenvalue weighted by atomic mass is 9.87. The SMILES string of the molecule is CNC(=O)[C@@H](C)N(C)[C@@H]1CCCC[C@H]1N(C)[C@H](C)C(=O)NC. The summed E-state index contributed by atoms with van der Waals surface area (Å²) in [7, 11) is 7.37. The van der Waals surface area contributed by atoms with Crippen LogP contribution in [-0.2, 0) is 9.59 Å². The molecule has 0 aromatic heterocycles. The first kappa shape index (κ1) is 18.9. The fraction of sp³-hybridized carbons (Fsp3) is 0.875. The average molecular weight is 312 g/mol. The Bertz CT molecular complexity index is 352. The Morgan fingerprint density at radius 1 is 0.864 bits per heavy atom. The summed E-state index contributed by atoms with van der Waals surface area (Å²) in [6.45, 7) is 3.87. The van der Waals surface area contributed by atoms with Gasteiger partial charge in [-0.2, -0.15) is 0 Å². The maximum atomic E-state index is 11.9. The molecule has 0 aliphatic heterocycles. The Labute approximate surface area is 134 Å². The summed E-state index contributed by atoms with van der Waals surface area (Å²) < 4.78 is 0. The highest BCUT2D eigenvalue weighted by Gasteiger charge is 2.36. The van der Waals surface area contributed by atoms with Gasteiger partial charge in [-0.15, -0.1) is 0 Å². The quantitative estimate of drug-likeness (QED) is 0.746. The van der Waals surface area contributed by atoms with Crippen LogP contribution in [-0.4, -0.2) is 74.0 Å². The van der Waals surface area contributed by atoms with E-state index >= 15 is 0 Å². The van der Waals surface area contributed by atoms with Crippen molar-refractivity contribution >= 4 is 11.8 Å². The first-order valence-corrected chi connectivity index (χ1v) is 8.22. The van der Waals surface area contributed by atoms with Crippen LogP contribution in [0.15, 0.2) is 0 Å². The number of likely N-dealkylation sites (N-methyl/N-ethyl adjacent to an activating group) is 4. The summed E-state index contributed by atoms with van der Waals surface area (Å²) in [5.74, 6) is 0.0719. The number of nitrogens with zero attached hydrogens (tertiary/aromatic N) is 2. The molecule has 2 N–H and O–H groups in total. The van der Waals surface area contributed by atoms with Gasteiger partial charge in [0.1, 0.15) is 0 Å². The van der Waals surface area contributed by atoms with Gasteiger partial charge in [0, 0.05) is 26.2 Å². The number of rotatable bonds is 6. The van der Waals surface area contributed by atoms with E-state index in [0.29, 0.717) is 0 Å². The van der Waals surface area contributed by atoms with Crippen molar-refractivity contribution in [2.75, 3.05) is 28.2 Å². The number of hydrogen-bond donors (Lipinski definition) is 2. The van der Waals surface area contributed by atoms with Gasteiger partial charge in [0.05, 0.1) is 12.1 Å². The molecule has 0 bridgehead atoms. The van der Waals surface area contributed by atoms with E-state index in [1.807, 2.05) is 27.9 Å². The summed E-state index contributed by atoms with van der Waals surface area (Å²) in [5.41, 5.74) is 0. The molecule has 1 saturated carbocycles. The molecule has 22 heavy (non-hydrogen) atoms. The summed E-state index contributed by atoms with van der Waals surface area (Å²) in [6.07, 6.45) is 4.48. The van der Waals surface area contributed by atoms with Gasteiger partial charge in [0.15, 0.2) is 0 Å². The molecule has 2 amide bonds. The maximum absolute atomic E-state index is 11.9. The largest absolute Gasteiger partial charge is 0.358 e. The molecule has 0 aromatic rings. The first-order valence-electron chi connectivity index (χ1n) is 8.22. The van der Waals surface area contributed by atoms with Crippen molar-refractivity contribution in [2.24, 2.45) is 0 Å². The number of hydrogen-bond acceptors (Lipinski definition) is 4. The fourth-order valence-corrected chi connectivity index (χ4v) is 3.40. The number of amides is 2. The molecule has 0 heterocycles. The Hall–Kier alpha value is -1.14. The van der Waals surface area contributed by atoms with Crippen molar-refractivity contribution in [3.63, 3.8) is 0 Å². The lowest BCUT2D eigenvalue weighted by Crippen LogP contribution is -2.59. The van der Waals surface area contributed by atoms with Crippen LogP contribution in [0.25, 0.3) is 0 Å². The van der Waals surface area contributed by atoms with Gasteiger partial charge in [-0.3, -0.25) is 19.4 Å². The minimum absolute atomic E-state index is 0.0360. The Morgan fingerprint density at radius 3 is 1.45 bits per heavy atom. The molecule has 0 spiro atoms. The Kier molecular flexibility index (Phi) is 7.29. The van der Waals surface area contributed by atoms with Crippen molar-refractivity contribution in [2.45, 2.75) is 63.7 Å². The van der Waals surface area contributed by atoms with Crippen molar-refractivity contribution < 1.29 is 9.59 Å². The molecule has 6 heteroatoms. The van der Waals surface area contributed by atoms with Gasteiger partial charge in [-0.05, 0) is 40.8 Å². The summed E-state index contributed by atoms with van der Waals surface area (Å²) in [4.78, 5) is 28.2. The molecular formula is C16H32N4O2. The highest BCUT2D eigenvalue weighted by molar-refractivity contribution is 5.81. The van der Waals surface area contributed by atoms with E-state index in [2.05, 4.69) is 20.4 Å². The van der Waals surface area contributed by atoms with Crippen LogP contribution < -0.4 is 10.6 Å². The van der Waals surface area contributed by atoms with Crippen molar-refractivity contribution in [3.8, 4) is 0 Å². The molecular weight excluding hydrogens is 280 g/mol. The summed E-state index contributed by atoms with van der Waals surface area (Å²) in [6, 6.07) is 0.245. The van der Waals surface area contributed by atoms with Crippen LogP contribution in [0.1, 0.15) is 39.5 Å². The molecule has 128 valence electrons. The first-order chi connectivity index (χ1) is 10.3. The molecule has 4 atom stereocenters. The number of carbonyl (C=O) groups excluding carboxylic acids is 2. The third-order valence-corrected chi connectivity index (χ3v) is 5.21. The molecule has 1 aliphatic carbocycles. The maximum Gasteiger partial charge on any atom is 0.236 e. The smallest absolute Gasteiger partial charge is 0.236 e. The predicted octanol–water partition coefficient (Wildman–Crippen LogP) is 0.430. The highest BCUT2D eigenvalue weighted by Crippen LogP contribution is 2.28. The van der Waals surface area contributed by atoms with E-state index in [1.54, 1.807) is 14.1 Å². The minimum atomic E-state index is -0.167. The van der Waals surface area contributed by atoms with Crippen LogP contribution in [0.3, 0.4) is 0 Å². The fourth-order valence-electron chi connectivity index (χ4n) is 3.40. The van der Waals surface area contributed by atoms with Crippen molar-refractivity contribution in [1.82, 2.24) is 20.4 Å². The lowest BCUT2D eigenvalue weighted by molar-refractivity contribution is -0.129. The topological polar surface area (TPSA) is 64.7 Å². The van der Waals surface area contributed by atoms with E-state index in [4.69, 9.17) is 0 Å². The van der Waals surface area contributed by atoms with E-state index in [-0.39, 0.29) is 36.0 Å². The van der Waals surface area contributed by atoms with Gasteiger partial charge in [0.2, 0.25) is 11.8 Å². The van der Waals surface area contributed by atoms with Gasteiger partial charge in [-0.1, -0.05) is 12.8 Å². The molecule has 0 radical (unpaired) electrons. The van der Waals surface area contributed by atoms with Crippen molar-refractivity contribution in [3.05, 3.63) is 0 Å². The Balaban J connectivity index is 2.86. The third-order valence-electron chi connectivity index (χ3n) is 5.21. The third kappa shape index (κ3) is 4.20. The van der Waals surface area contributed by atoms with Crippen LogP contribution in [0.4, 0.5) is 0 Å². The zero-order valence-corrected chi connectivity index (χ0v) is 14.8. The van der Waals surface area contributed by atoms with E-state index in [9.17, 15) is 9.59 Å². The molecule has 6 nitrogen and oxygen atoms in total. The number of nitrogens with one attached hydrogen (secondary N) is 2. The van der Waals surface area contributed by atoms with Crippen LogP contribution in [0.2, 0.25) is 0 Å². The van der Waals surface area contributed by atoms with Gasteiger partial charge < -0.3 is 10.6 Å². The van der Waals surface area contributed by atoms with Gasteiger partial charge in [-0.25, -0.2) is 0 Å². The number of carbonyl (C=O) groups is 2. The van der Waals surface area contributed by atoms with Crippen LogP contribution >= 0.6 is 0 Å². The minimum Gasteiger partial charge on any atom is -0.358 e. The molecule has 1 fully saturated rings. The molecule has 1 rings (SSSR count). The second-order valence-electron chi connectivity index (χ2n) is 6.33. The normalized spacial score (nSPS) is 24.9. The monoisotopic (exact) mass is 312 g/mol. The molecule has 0 unspecified atom stereocenters. The van der Waals surface area contributed by atoms with Crippen molar-refractivity contribution in [1.29, 1.82) is 0 Å². The average Bonchev–Trinajstić information content (AvgIpc) is 2.57. The predicted molar refractivity (Wildman–Crippen MR) is 88.6 cm³/mol. The van der Waals surface area contributed by atoms with E-state index in [0.717, 1.165) is 12.8 Å². The molecule has 0 aromatic carbocycles. The molecule has 1 aliphatic rings. The van der Waals surface area contributed by atoms with E-state index in [1.165, 1.54) is 12.8 Å². The Morgan fingerprint density at radius 2 is 1.18 bits per heavy atom. The zero-order chi connectivity index (χ0) is 16.9.